The van der Waals surface area contributed by atoms with Gasteiger partial charge in [0.25, 0.3) is 0 Å². The van der Waals surface area contributed by atoms with Crippen LogP contribution in [-0.4, -0.2) is 31.4 Å². The third-order valence-electron chi connectivity index (χ3n) is 3.83. The number of anilines is 1. The molecule has 0 aliphatic carbocycles. The summed E-state index contributed by atoms with van der Waals surface area (Å²) in [4.78, 5) is 14.3. The topological polar surface area (TPSA) is 60.0 Å². The van der Waals surface area contributed by atoms with Gasteiger partial charge in [-0.3, -0.25) is 0 Å². The number of carbonyl (C=O) groups is 1. The number of methoxy groups -OCH3 is 1. The fourth-order valence-corrected chi connectivity index (χ4v) is 2.53. The van der Waals surface area contributed by atoms with Crippen LogP contribution in [0.2, 0.25) is 0 Å². The van der Waals surface area contributed by atoms with Gasteiger partial charge in [-0.1, -0.05) is 18.2 Å². The Morgan fingerprint density at radius 1 is 1.21 bits per heavy atom. The predicted octanol–water partition coefficient (Wildman–Crippen LogP) is 3.48. The number of hydrogen-bond donors (Lipinski definition) is 1. The number of rotatable bonds is 5. The third kappa shape index (κ3) is 3.37. The Morgan fingerprint density at radius 3 is 2.79 bits per heavy atom. The van der Waals surface area contributed by atoms with Crippen molar-refractivity contribution in [3.05, 3.63) is 48.0 Å². The summed E-state index contributed by atoms with van der Waals surface area (Å²) in [5.74, 6) is 2.08. The van der Waals surface area contributed by atoms with Crippen LogP contribution in [0.5, 0.6) is 17.2 Å². The number of hydrogen-bond acceptors (Lipinski definition) is 4. The van der Waals surface area contributed by atoms with Crippen LogP contribution < -0.4 is 19.5 Å². The highest BCUT2D eigenvalue weighted by atomic mass is 16.7. The van der Waals surface area contributed by atoms with Gasteiger partial charge in [-0.25, -0.2) is 4.79 Å². The monoisotopic (exact) mass is 328 g/mol. The molecule has 2 amide bonds. The molecule has 0 radical (unpaired) electrons. The second-order valence-corrected chi connectivity index (χ2v) is 5.33. The van der Waals surface area contributed by atoms with Gasteiger partial charge in [-0.2, -0.15) is 0 Å². The molecule has 1 aliphatic heterocycles. The fourth-order valence-electron chi connectivity index (χ4n) is 2.53. The van der Waals surface area contributed by atoms with Gasteiger partial charge < -0.3 is 24.4 Å². The largest absolute Gasteiger partial charge is 0.495 e. The number of benzene rings is 2. The highest BCUT2D eigenvalue weighted by molar-refractivity contribution is 5.90. The van der Waals surface area contributed by atoms with Gasteiger partial charge in [0.15, 0.2) is 11.5 Å². The van der Waals surface area contributed by atoms with Crippen LogP contribution in [0.4, 0.5) is 10.5 Å². The van der Waals surface area contributed by atoms with Crippen molar-refractivity contribution in [1.29, 1.82) is 0 Å². The maximum Gasteiger partial charge on any atom is 0.322 e. The maximum atomic E-state index is 12.6. The number of ether oxygens (including phenoxy) is 3. The van der Waals surface area contributed by atoms with E-state index in [1.54, 1.807) is 12.0 Å². The molecule has 1 aliphatic rings. The highest BCUT2D eigenvalue weighted by Gasteiger charge is 2.17. The lowest BCUT2D eigenvalue weighted by Crippen LogP contribution is -2.34. The molecule has 0 unspecified atom stereocenters. The molecule has 24 heavy (non-hydrogen) atoms. The molecule has 6 nitrogen and oxygen atoms in total. The van der Waals surface area contributed by atoms with Crippen molar-refractivity contribution in [2.45, 2.75) is 13.5 Å². The molecule has 3 rings (SSSR count). The van der Waals surface area contributed by atoms with Gasteiger partial charge in [-0.15, -0.1) is 0 Å². The summed E-state index contributed by atoms with van der Waals surface area (Å²) in [6, 6.07) is 12.9. The predicted molar refractivity (Wildman–Crippen MR) is 90.7 cm³/mol. The zero-order chi connectivity index (χ0) is 16.9. The van der Waals surface area contributed by atoms with Gasteiger partial charge >= 0.3 is 6.03 Å². The van der Waals surface area contributed by atoms with Crippen molar-refractivity contribution in [3.8, 4) is 17.2 Å². The van der Waals surface area contributed by atoms with Crippen LogP contribution in [0.25, 0.3) is 0 Å². The van der Waals surface area contributed by atoms with Crippen LogP contribution in [-0.2, 0) is 6.54 Å². The van der Waals surface area contributed by atoms with Gasteiger partial charge in [0, 0.05) is 13.1 Å². The molecule has 2 aromatic rings. The molecule has 0 saturated carbocycles. The number of nitrogens with one attached hydrogen (secondary N) is 1. The van der Waals surface area contributed by atoms with E-state index in [0.717, 1.165) is 11.3 Å². The summed E-state index contributed by atoms with van der Waals surface area (Å²) in [5.41, 5.74) is 1.63. The first-order valence-electron chi connectivity index (χ1n) is 7.78. The zero-order valence-electron chi connectivity index (χ0n) is 13.7. The van der Waals surface area contributed by atoms with E-state index < -0.39 is 0 Å². The highest BCUT2D eigenvalue weighted by Crippen LogP contribution is 2.33. The molecular weight excluding hydrogens is 308 g/mol. The lowest BCUT2D eigenvalue weighted by molar-refractivity contribution is 0.174. The van der Waals surface area contributed by atoms with Gasteiger partial charge in [0.05, 0.1) is 12.8 Å². The Kier molecular flexibility index (Phi) is 4.74. The average molecular weight is 328 g/mol. The first kappa shape index (κ1) is 16.0. The standard InChI is InChI=1S/C18H20N2O4/c1-3-20(11-13-8-9-16-17(10-13)24-12-23-16)18(21)19-14-6-4-5-7-15(14)22-2/h4-10H,3,11-12H2,1-2H3,(H,19,21). The zero-order valence-corrected chi connectivity index (χ0v) is 13.7. The van der Waals surface area contributed by atoms with E-state index in [9.17, 15) is 4.79 Å². The summed E-state index contributed by atoms with van der Waals surface area (Å²) in [6.45, 7) is 3.24. The number of urea groups is 1. The number of carbonyl (C=O) groups excluding carboxylic acids is 1. The summed E-state index contributed by atoms with van der Waals surface area (Å²) in [7, 11) is 1.58. The number of fused-ring (bicyclic) bond motifs is 1. The quantitative estimate of drug-likeness (QED) is 0.913. The summed E-state index contributed by atoms with van der Waals surface area (Å²) in [6.07, 6.45) is 0. The molecule has 126 valence electrons. The van der Waals surface area contributed by atoms with E-state index in [1.807, 2.05) is 49.4 Å². The van der Waals surface area contributed by atoms with E-state index in [0.29, 0.717) is 30.3 Å². The lowest BCUT2D eigenvalue weighted by atomic mass is 10.2. The summed E-state index contributed by atoms with van der Waals surface area (Å²) >= 11 is 0. The Bertz CT molecular complexity index is 733. The summed E-state index contributed by atoms with van der Waals surface area (Å²) < 4.78 is 16.0. The van der Waals surface area contributed by atoms with Crippen molar-refractivity contribution in [1.82, 2.24) is 4.90 Å². The van der Waals surface area contributed by atoms with E-state index in [4.69, 9.17) is 14.2 Å². The second kappa shape index (κ2) is 7.12. The molecule has 0 aromatic heterocycles. The fraction of sp³-hybridized carbons (Fsp3) is 0.278. The Balaban J connectivity index is 1.70. The second-order valence-electron chi connectivity index (χ2n) is 5.33. The third-order valence-corrected chi connectivity index (χ3v) is 3.83. The minimum atomic E-state index is -0.181. The minimum Gasteiger partial charge on any atom is -0.495 e. The van der Waals surface area contributed by atoms with E-state index in [1.165, 1.54) is 0 Å². The molecule has 1 heterocycles. The minimum absolute atomic E-state index is 0.181. The van der Waals surface area contributed by atoms with Crippen LogP contribution in [0, 0.1) is 0 Å². The molecule has 6 heteroatoms. The SMILES string of the molecule is CCN(Cc1ccc2c(c1)OCO2)C(=O)Nc1ccccc1OC. The molecule has 0 atom stereocenters. The number of amides is 2. The van der Waals surface area contributed by atoms with Crippen LogP contribution >= 0.6 is 0 Å². The first-order chi connectivity index (χ1) is 11.7. The van der Waals surface area contributed by atoms with Crippen molar-refractivity contribution < 1.29 is 19.0 Å². The smallest absolute Gasteiger partial charge is 0.322 e. The van der Waals surface area contributed by atoms with Gasteiger partial charge in [0.1, 0.15) is 5.75 Å². The molecule has 1 N–H and O–H groups in total. The lowest BCUT2D eigenvalue weighted by Gasteiger charge is -2.22. The first-order valence-corrected chi connectivity index (χ1v) is 7.78. The molecule has 2 aromatic carbocycles. The number of para-hydroxylation sites is 2. The van der Waals surface area contributed by atoms with Crippen molar-refractivity contribution in [2.24, 2.45) is 0 Å². The van der Waals surface area contributed by atoms with Crippen LogP contribution in [0.1, 0.15) is 12.5 Å². The normalized spacial score (nSPS) is 11.9. The molecule has 0 fully saturated rings. The van der Waals surface area contributed by atoms with E-state index >= 15 is 0 Å². The maximum absolute atomic E-state index is 12.6. The van der Waals surface area contributed by atoms with Crippen molar-refractivity contribution in [2.75, 3.05) is 25.8 Å². The molecule has 0 saturated heterocycles. The van der Waals surface area contributed by atoms with Gasteiger partial charge in [0.2, 0.25) is 6.79 Å². The van der Waals surface area contributed by atoms with E-state index in [-0.39, 0.29) is 12.8 Å². The van der Waals surface area contributed by atoms with Gasteiger partial charge in [-0.05, 0) is 36.8 Å². The molecular formula is C18H20N2O4. The van der Waals surface area contributed by atoms with Crippen molar-refractivity contribution >= 4 is 11.7 Å². The number of nitrogens with zero attached hydrogens (tertiary/aromatic N) is 1. The Hall–Kier alpha value is -2.89. The molecule has 0 bridgehead atoms. The Labute approximate surface area is 140 Å². The average Bonchev–Trinajstić information content (AvgIpc) is 3.07. The van der Waals surface area contributed by atoms with Crippen molar-refractivity contribution in [3.63, 3.8) is 0 Å². The van der Waals surface area contributed by atoms with E-state index in [2.05, 4.69) is 5.32 Å². The summed E-state index contributed by atoms with van der Waals surface area (Å²) in [5, 5.41) is 2.89. The van der Waals surface area contributed by atoms with Crippen LogP contribution in [0.3, 0.4) is 0 Å². The Morgan fingerprint density at radius 2 is 2.00 bits per heavy atom. The van der Waals surface area contributed by atoms with Crippen LogP contribution in [0.15, 0.2) is 42.5 Å². The molecule has 0 spiro atoms.